The maximum atomic E-state index is 12.2. The van der Waals surface area contributed by atoms with Crippen LogP contribution < -0.4 is 0 Å². The van der Waals surface area contributed by atoms with Gasteiger partial charge >= 0.3 is 6.09 Å². The number of unbranched alkanes of at least 4 members (excludes halogenated alkanes) is 1. The molecule has 1 aromatic carbocycles. The van der Waals surface area contributed by atoms with Gasteiger partial charge in [0.25, 0.3) is 0 Å². The first kappa shape index (κ1) is 14.7. The number of amides is 1. The number of imidazole rings is 1. The molecule has 3 rings (SSSR count). The summed E-state index contributed by atoms with van der Waals surface area (Å²) in [5, 5.41) is 9.94. The molecular weight excluding hydrogens is 282 g/mol. The Morgan fingerprint density at radius 2 is 2.27 bits per heavy atom. The molecule has 2 heterocycles. The van der Waals surface area contributed by atoms with E-state index >= 15 is 0 Å². The quantitative estimate of drug-likeness (QED) is 0.885. The fraction of sp³-hybridized carbons (Fsp3) is 0.500. The fourth-order valence-electron chi connectivity index (χ4n) is 2.88. The van der Waals surface area contributed by atoms with Crippen molar-refractivity contribution < 1.29 is 14.6 Å². The Morgan fingerprint density at radius 1 is 1.45 bits per heavy atom. The van der Waals surface area contributed by atoms with Crippen molar-refractivity contribution in [1.29, 1.82) is 0 Å². The lowest BCUT2D eigenvalue weighted by atomic mass is 10.2. The summed E-state index contributed by atoms with van der Waals surface area (Å²) in [7, 11) is 0. The van der Waals surface area contributed by atoms with E-state index in [9.17, 15) is 9.90 Å². The van der Waals surface area contributed by atoms with Gasteiger partial charge < -0.3 is 14.4 Å². The Morgan fingerprint density at radius 3 is 3.05 bits per heavy atom. The van der Waals surface area contributed by atoms with Crippen LogP contribution in [-0.2, 0) is 11.3 Å². The third-order valence-electron chi connectivity index (χ3n) is 4.15. The lowest BCUT2D eigenvalue weighted by molar-refractivity contribution is 0.0774. The molecular formula is C16H21N3O3. The molecule has 6 nitrogen and oxygen atoms in total. The van der Waals surface area contributed by atoms with E-state index in [4.69, 9.17) is 4.74 Å². The molecule has 1 N–H and O–H groups in total. The predicted octanol–water partition coefficient (Wildman–Crippen LogP) is 3.06. The van der Waals surface area contributed by atoms with Crippen molar-refractivity contribution in [3.05, 3.63) is 24.0 Å². The highest BCUT2D eigenvalue weighted by atomic mass is 16.6. The fourth-order valence-corrected chi connectivity index (χ4v) is 2.88. The van der Waals surface area contributed by atoms with E-state index in [-0.39, 0.29) is 17.9 Å². The first-order valence-corrected chi connectivity index (χ1v) is 7.75. The van der Waals surface area contributed by atoms with Crippen molar-refractivity contribution in [2.75, 3.05) is 13.2 Å². The van der Waals surface area contributed by atoms with Crippen LogP contribution in [0.4, 0.5) is 4.79 Å². The Balaban J connectivity index is 1.86. The Hall–Kier alpha value is -2.24. The van der Waals surface area contributed by atoms with Crippen LogP contribution in [0.1, 0.15) is 38.6 Å². The van der Waals surface area contributed by atoms with Gasteiger partial charge in [0.2, 0.25) is 0 Å². The molecule has 0 radical (unpaired) electrons. The van der Waals surface area contributed by atoms with Crippen molar-refractivity contribution in [3.8, 4) is 5.75 Å². The number of phenols is 1. The molecule has 0 unspecified atom stereocenters. The molecule has 6 heteroatoms. The molecule has 0 saturated carbocycles. The number of carbonyl (C=O) groups excluding carboxylic acids is 1. The topological polar surface area (TPSA) is 67.6 Å². The standard InChI is InChI=1S/C16H21N3O3/c1-3-4-10-22-16(21)18-8-9-19-12-6-5-7-13(20)14(12)17-15(19)11(18)2/h5-7,11,20H,3-4,8-10H2,1-2H3/t11-/m0/s1. The zero-order valence-corrected chi connectivity index (χ0v) is 13.0. The summed E-state index contributed by atoms with van der Waals surface area (Å²) in [6, 6.07) is 5.20. The van der Waals surface area contributed by atoms with E-state index in [1.807, 2.05) is 19.1 Å². The number of aromatic hydroxyl groups is 1. The summed E-state index contributed by atoms with van der Waals surface area (Å²) in [4.78, 5) is 18.4. The summed E-state index contributed by atoms with van der Waals surface area (Å²) in [6.07, 6.45) is 1.58. The number of hydrogen-bond donors (Lipinski definition) is 1. The number of carbonyl (C=O) groups is 1. The van der Waals surface area contributed by atoms with Gasteiger partial charge in [-0.05, 0) is 25.5 Å². The molecule has 0 fully saturated rings. The van der Waals surface area contributed by atoms with Gasteiger partial charge in [0, 0.05) is 13.1 Å². The van der Waals surface area contributed by atoms with Crippen LogP contribution in [-0.4, -0.2) is 38.8 Å². The van der Waals surface area contributed by atoms with Gasteiger partial charge in [0.1, 0.15) is 17.1 Å². The highest BCUT2D eigenvalue weighted by Gasteiger charge is 2.31. The Bertz CT molecular complexity index is 695. The molecule has 1 aliphatic rings. The molecule has 118 valence electrons. The Labute approximate surface area is 129 Å². The normalized spacial score (nSPS) is 17.5. The van der Waals surface area contributed by atoms with Crippen LogP contribution in [0.2, 0.25) is 0 Å². The minimum atomic E-state index is -0.288. The zero-order chi connectivity index (χ0) is 15.7. The van der Waals surface area contributed by atoms with E-state index in [1.165, 1.54) is 0 Å². The molecule has 0 saturated heterocycles. The number of aromatic nitrogens is 2. The molecule has 2 aromatic rings. The number of hydrogen-bond acceptors (Lipinski definition) is 4. The Kier molecular flexibility index (Phi) is 3.92. The number of para-hydroxylation sites is 1. The van der Waals surface area contributed by atoms with Crippen molar-refractivity contribution in [3.63, 3.8) is 0 Å². The van der Waals surface area contributed by atoms with Crippen LogP contribution in [0, 0.1) is 0 Å². The van der Waals surface area contributed by atoms with Gasteiger partial charge in [-0.25, -0.2) is 9.78 Å². The molecule has 0 aliphatic carbocycles. The third kappa shape index (κ3) is 2.38. The number of phenolic OH excluding ortho intramolecular Hbond substituents is 1. The summed E-state index contributed by atoms with van der Waals surface area (Å²) >= 11 is 0. The summed E-state index contributed by atoms with van der Waals surface area (Å²) < 4.78 is 7.37. The minimum Gasteiger partial charge on any atom is -0.506 e. The number of fused-ring (bicyclic) bond motifs is 3. The van der Waals surface area contributed by atoms with Crippen LogP contribution >= 0.6 is 0 Å². The van der Waals surface area contributed by atoms with Crippen LogP contribution in [0.5, 0.6) is 5.75 Å². The van der Waals surface area contributed by atoms with Crippen LogP contribution in [0.15, 0.2) is 18.2 Å². The van der Waals surface area contributed by atoms with Crippen LogP contribution in [0.3, 0.4) is 0 Å². The second-order valence-corrected chi connectivity index (χ2v) is 5.60. The SMILES string of the molecule is CCCCOC(=O)N1CCn2c(nc3c(O)cccc32)[C@@H]1C. The summed E-state index contributed by atoms with van der Waals surface area (Å²) in [5.74, 6) is 0.957. The van der Waals surface area contributed by atoms with Gasteiger partial charge in [-0.3, -0.25) is 4.90 Å². The molecule has 0 spiro atoms. The lowest BCUT2D eigenvalue weighted by Crippen LogP contribution is -2.41. The second kappa shape index (κ2) is 5.87. The molecule has 1 atom stereocenters. The monoisotopic (exact) mass is 303 g/mol. The third-order valence-corrected chi connectivity index (χ3v) is 4.15. The maximum absolute atomic E-state index is 12.2. The van der Waals surface area contributed by atoms with Gasteiger partial charge in [-0.15, -0.1) is 0 Å². The van der Waals surface area contributed by atoms with E-state index in [1.54, 1.807) is 11.0 Å². The molecule has 1 aromatic heterocycles. The van der Waals surface area contributed by atoms with Gasteiger partial charge in [0.15, 0.2) is 0 Å². The maximum Gasteiger partial charge on any atom is 0.410 e. The smallest absolute Gasteiger partial charge is 0.410 e. The van der Waals surface area contributed by atoms with E-state index in [2.05, 4.69) is 16.5 Å². The van der Waals surface area contributed by atoms with Crippen LogP contribution in [0.25, 0.3) is 11.0 Å². The molecule has 1 amide bonds. The highest BCUT2D eigenvalue weighted by molar-refractivity contribution is 5.82. The average Bonchev–Trinajstić information content (AvgIpc) is 2.89. The summed E-state index contributed by atoms with van der Waals surface area (Å²) in [6.45, 7) is 5.69. The first-order valence-electron chi connectivity index (χ1n) is 7.75. The predicted molar refractivity (Wildman–Crippen MR) is 82.8 cm³/mol. The van der Waals surface area contributed by atoms with Gasteiger partial charge in [-0.2, -0.15) is 0 Å². The number of nitrogens with zero attached hydrogens (tertiary/aromatic N) is 3. The lowest BCUT2D eigenvalue weighted by Gasteiger charge is -2.33. The largest absolute Gasteiger partial charge is 0.506 e. The molecule has 22 heavy (non-hydrogen) atoms. The average molecular weight is 303 g/mol. The number of ether oxygens (including phenoxy) is 1. The summed E-state index contributed by atoms with van der Waals surface area (Å²) in [5.41, 5.74) is 1.49. The highest BCUT2D eigenvalue weighted by Crippen LogP contribution is 2.32. The van der Waals surface area contributed by atoms with E-state index in [0.717, 1.165) is 24.2 Å². The van der Waals surface area contributed by atoms with Crippen molar-refractivity contribution in [2.24, 2.45) is 0 Å². The van der Waals surface area contributed by atoms with Crippen molar-refractivity contribution in [1.82, 2.24) is 14.5 Å². The molecule has 1 aliphatic heterocycles. The second-order valence-electron chi connectivity index (χ2n) is 5.60. The van der Waals surface area contributed by atoms with Crippen molar-refractivity contribution >= 4 is 17.1 Å². The van der Waals surface area contributed by atoms with Crippen molar-refractivity contribution in [2.45, 2.75) is 39.3 Å². The van der Waals surface area contributed by atoms with Gasteiger partial charge in [0.05, 0.1) is 18.2 Å². The number of benzene rings is 1. The van der Waals surface area contributed by atoms with Gasteiger partial charge in [-0.1, -0.05) is 19.4 Å². The minimum absolute atomic E-state index is 0.170. The molecule has 0 bridgehead atoms. The van der Waals surface area contributed by atoms with E-state index in [0.29, 0.717) is 25.2 Å². The van der Waals surface area contributed by atoms with E-state index < -0.39 is 0 Å². The zero-order valence-electron chi connectivity index (χ0n) is 13.0. The first-order chi connectivity index (χ1) is 10.6. The number of rotatable bonds is 3.